The molecule has 0 bridgehead atoms. The Morgan fingerprint density at radius 2 is 1.73 bits per heavy atom. The maximum atomic E-state index is 12.8. The van der Waals surface area contributed by atoms with Gasteiger partial charge in [-0.25, -0.2) is 0 Å². The smallest absolute Gasteiger partial charge is 0.211 e. The molecule has 0 aliphatic carbocycles. The minimum atomic E-state index is -0.577. The first kappa shape index (κ1) is 22.9. The third-order valence-corrected chi connectivity index (χ3v) is 6.01. The third-order valence-electron chi connectivity index (χ3n) is 6.01. The lowest BCUT2D eigenvalue weighted by molar-refractivity contribution is 0.149. The van der Waals surface area contributed by atoms with Gasteiger partial charge in [-0.2, -0.15) is 0 Å². The van der Waals surface area contributed by atoms with Crippen molar-refractivity contribution in [2.75, 3.05) is 53.5 Å². The van der Waals surface area contributed by atoms with Gasteiger partial charge in [-0.05, 0) is 26.4 Å². The number of nitrogens with zero attached hydrogens (tertiary/aromatic N) is 2. The maximum absolute atomic E-state index is 12.8. The number of fused-ring (bicyclic) bond motifs is 1. The molecule has 1 aliphatic heterocycles. The molecule has 0 spiro atoms. The highest BCUT2D eigenvalue weighted by Crippen LogP contribution is 2.49. The maximum Gasteiger partial charge on any atom is 0.211 e. The lowest BCUT2D eigenvalue weighted by atomic mass is 10.1. The second kappa shape index (κ2) is 10.1. The molecule has 2 heterocycles. The fraction of sp³-hybridized carbons (Fsp3) is 0.400. The molecule has 8 nitrogen and oxygen atoms in total. The zero-order valence-corrected chi connectivity index (χ0v) is 19.0. The molecule has 0 radical (unpaired) electrons. The van der Waals surface area contributed by atoms with Crippen LogP contribution in [0.2, 0.25) is 0 Å². The number of hydrogen-bond donors (Lipinski definition) is 2. The Labute approximate surface area is 192 Å². The van der Waals surface area contributed by atoms with Crippen molar-refractivity contribution in [3.05, 3.63) is 46.6 Å². The van der Waals surface area contributed by atoms with Crippen LogP contribution >= 0.6 is 0 Å². The Kier molecular flexibility index (Phi) is 7.05. The van der Waals surface area contributed by atoms with Gasteiger partial charge in [0, 0.05) is 37.8 Å². The number of ether oxygens (including phenoxy) is 2. The molecular formula is C25H30N2O6. The molecule has 1 saturated heterocycles. The summed E-state index contributed by atoms with van der Waals surface area (Å²) in [4.78, 5) is 17.5. The van der Waals surface area contributed by atoms with Crippen molar-refractivity contribution < 1.29 is 24.1 Å². The first-order chi connectivity index (χ1) is 16.0. The van der Waals surface area contributed by atoms with Crippen LogP contribution in [-0.4, -0.2) is 73.5 Å². The number of phenols is 2. The number of unbranched alkanes of at least 4 members (excludes halogenated alkanes) is 1. The van der Waals surface area contributed by atoms with Gasteiger partial charge in [-0.15, -0.1) is 0 Å². The van der Waals surface area contributed by atoms with E-state index in [4.69, 9.17) is 13.9 Å². The average molecular weight is 455 g/mol. The number of methoxy groups -OCH3 is 1. The van der Waals surface area contributed by atoms with Crippen LogP contribution < -0.4 is 14.9 Å². The molecule has 2 N–H and O–H groups in total. The molecule has 8 heteroatoms. The van der Waals surface area contributed by atoms with E-state index >= 15 is 0 Å². The van der Waals surface area contributed by atoms with Crippen LogP contribution in [0, 0.1) is 0 Å². The Hall–Kier alpha value is -3.23. The van der Waals surface area contributed by atoms with Crippen LogP contribution in [-0.2, 0) is 0 Å². The summed E-state index contributed by atoms with van der Waals surface area (Å²) in [5, 5.41) is 20.9. The van der Waals surface area contributed by atoms with E-state index in [1.54, 1.807) is 0 Å². The molecule has 0 saturated carbocycles. The van der Waals surface area contributed by atoms with Gasteiger partial charge in [0.2, 0.25) is 17.2 Å². The van der Waals surface area contributed by atoms with E-state index < -0.39 is 16.9 Å². The molecule has 4 rings (SSSR count). The summed E-state index contributed by atoms with van der Waals surface area (Å²) in [6.07, 6.45) is 1.71. The summed E-state index contributed by atoms with van der Waals surface area (Å²) in [6.45, 7) is 5.59. The molecule has 1 aliphatic rings. The van der Waals surface area contributed by atoms with Gasteiger partial charge in [-0.3, -0.25) is 4.79 Å². The zero-order chi connectivity index (χ0) is 23.4. The topological polar surface area (TPSA) is 95.6 Å². The summed E-state index contributed by atoms with van der Waals surface area (Å²) in [7, 11) is 3.54. The van der Waals surface area contributed by atoms with Gasteiger partial charge < -0.3 is 33.9 Å². The molecule has 0 unspecified atom stereocenters. The predicted octanol–water partition coefficient (Wildman–Crippen LogP) is 3.29. The van der Waals surface area contributed by atoms with E-state index in [1.165, 1.54) is 13.2 Å². The molecule has 0 amide bonds. The normalized spacial score (nSPS) is 15.1. The van der Waals surface area contributed by atoms with Crippen molar-refractivity contribution in [3.63, 3.8) is 0 Å². The Morgan fingerprint density at radius 1 is 1.00 bits per heavy atom. The fourth-order valence-corrected chi connectivity index (χ4v) is 4.06. The van der Waals surface area contributed by atoms with Crippen LogP contribution in [0.5, 0.6) is 23.0 Å². The molecule has 1 aromatic heterocycles. The average Bonchev–Trinajstić information content (AvgIpc) is 2.83. The highest BCUT2D eigenvalue weighted by atomic mass is 16.5. The SMILES string of the molecule is COc1c(OCCCCN2CCN(C)CC2)c(O)c(O)c2c(=O)cc(-c3ccccc3)oc12. The largest absolute Gasteiger partial charge is 0.504 e. The zero-order valence-electron chi connectivity index (χ0n) is 19.0. The minimum Gasteiger partial charge on any atom is -0.504 e. The van der Waals surface area contributed by atoms with Gasteiger partial charge in [0.25, 0.3) is 0 Å². The Morgan fingerprint density at radius 3 is 2.42 bits per heavy atom. The van der Waals surface area contributed by atoms with Crippen LogP contribution in [0.25, 0.3) is 22.3 Å². The van der Waals surface area contributed by atoms with Gasteiger partial charge >= 0.3 is 0 Å². The van der Waals surface area contributed by atoms with Crippen molar-refractivity contribution in [2.45, 2.75) is 12.8 Å². The predicted molar refractivity (Wildman–Crippen MR) is 126 cm³/mol. The van der Waals surface area contributed by atoms with Gasteiger partial charge in [-0.1, -0.05) is 30.3 Å². The quantitative estimate of drug-likeness (QED) is 0.396. The van der Waals surface area contributed by atoms with E-state index in [9.17, 15) is 15.0 Å². The molecule has 0 atom stereocenters. The number of phenolic OH excluding ortho intramolecular Hbond substituents is 2. The Bertz CT molecular complexity index is 1150. The lowest BCUT2D eigenvalue weighted by Gasteiger charge is -2.32. The first-order valence-corrected chi connectivity index (χ1v) is 11.2. The lowest BCUT2D eigenvalue weighted by Crippen LogP contribution is -2.44. The molecule has 3 aromatic rings. The van der Waals surface area contributed by atoms with Crippen LogP contribution in [0.15, 0.2) is 45.6 Å². The van der Waals surface area contributed by atoms with Gasteiger partial charge in [0.05, 0.1) is 13.7 Å². The number of rotatable bonds is 8. The van der Waals surface area contributed by atoms with E-state index in [1.807, 2.05) is 30.3 Å². The monoisotopic (exact) mass is 454 g/mol. The van der Waals surface area contributed by atoms with Crippen LogP contribution in [0.1, 0.15) is 12.8 Å². The second-order valence-corrected chi connectivity index (χ2v) is 8.31. The van der Waals surface area contributed by atoms with E-state index in [-0.39, 0.29) is 22.5 Å². The van der Waals surface area contributed by atoms with E-state index in [0.717, 1.165) is 45.6 Å². The summed E-state index contributed by atoms with van der Waals surface area (Å²) in [5.74, 6) is -0.732. The van der Waals surface area contributed by atoms with E-state index in [0.29, 0.717) is 17.9 Å². The molecular weight excluding hydrogens is 424 g/mol. The summed E-state index contributed by atoms with van der Waals surface area (Å²) < 4.78 is 17.2. The third kappa shape index (κ3) is 4.91. The fourth-order valence-electron chi connectivity index (χ4n) is 4.06. The Balaban J connectivity index is 1.55. The number of likely N-dealkylation sites (N-methyl/N-ethyl adjacent to an activating group) is 1. The number of benzene rings is 2. The summed E-state index contributed by atoms with van der Waals surface area (Å²) in [6, 6.07) is 10.4. The van der Waals surface area contributed by atoms with Crippen molar-refractivity contribution in [1.82, 2.24) is 9.80 Å². The summed E-state index contributed by atoms with van der Waals surface area (Å²) in [5.41, 5.74) is 0.254. The van der Waals surface area contributed by atoms with Gasteiger partial charge in [0.15, 0.2) is 16.8 Å². The van der Waals surface area contributed by atoms with Gasteiger partial charge in [0.1, 0.15) is 11.1 Å². The van der Waals surface area contributed by atoms with Crippen molar-refractivity contribution >= 4 is 11.0 Å². The first-order valence-electron chi connectivity index (χ1n) is 11.2. The molecule has 2 aromatic carbocycles. The highest BCUT2D eigenvalue weighted by molar-refractivity contribution is 5.95. The van der Waals surface area contributed by atoms with Crippen molar-refractivity contribution in [2.24, 2.45) is 0 Å². The summed E-state index contributed by atoms with van der Waals surface area (Å²) >= 11 is 0. The number of hydrogen-bond acceptors (Lipinski definition) is 8. The molecule has 176 valence electrons. The second-order valence-electron chi connectivity index (χ2n) is 8.31. The number of piperazine rings is 1. The molecule has 1 fully saturated rings. The van der Waals surface area contributed by atoms with Crippen molar-refractivity contribution in [1.29, 1.82) is 0 Å². The highest BCUT2D eigenvalue weighted by Gasteiger charge is 2.26. The standard InChI is InChI=1S/C25H30N2O6/c1-26-11-13-27(14-12-26)10-6-7-15-32-24-22(30)21(29)20-18(28)16-19(17-8-4-3-5-9-17)33-23(20)25(24)31-2/h3-5,8-9,16,29-30H,6-7,10-15H2,1-2H3. The molecule has 33 heavy (non-hydrogen) atoms. The van der Waals surface area contributed by atoms with Crippen LogP contribution in [0.3, 0.4) is 0 Å². The number of aromatic hydroxyl groups is 2. The minimum absolute atomic E-state index is 0.0320. The van der Waals surface area contributed by atoms with E-state index in [2.05, 4.69) is 16.8 Å². The van der Waals surface area contributed by atoms with Crippen molar-refractivity contribution in [3.8, 4) is 34.3 Å². The van der Waals surface area contributed by atoms with Crippen LogP contribution in [0.4, 0.5) is 0 Å².